The highest BCUT2D eigenvalue weighted by Crippen LogP contribution is 2.27. The van der Waals surface area contributed by atoms with Crippen LogP contribution in [0.2, 0.25) is 0 Å². The smallest absolute Gasteiger partial charge is 0.251 e. The number of carbonyl (C=O) groups is 2. The molecule has 40 heavy (non-hydrogen) atoms. The van der Waals surface area contributed by atoms with Gasteiger partial charge in [-0.1, -0.05) is 53.4 Å². The Balaban J connectivity index is 1.53. The van der Waals surface area contributed by atoms with Crippen LogP contribution in [0.25, 0.3) is 0 Å². The number of nitrogens with one attached hydrogen (secondary N) is 2. The van der Waals surface area contributed by atoms with E-state index in [-0.39, 0.29) is 11.8 Å². The van der Waals surface area contributed by atoms with E-state index in [9.17, 15) is 9.59 Å². The molecular formula is C32H46Br2N2O4. The standard InChI is InChI=1S/C32H46Br2N2O4/c1-23(2)15-19-39-29-13-11-25(21-27(29)33)31(37)35-17-9-7-5-6-8-10-18-36-32(38)26-12-14-30(28(34)22-26)40-20-16-24(3)4/h11-14,21-24H,5-10,15-20H2,1-4H3,(H,35,37)(H,36,38). The van der Waals surface area contributed by atoms with E-state index < -0.39 is 0 Å². The Bertz CT molecular complexity index is 976. The first kappa shape index (κ1) is 34.1. The molecule has 222 valence electrons. The maximum atomic E-state index is 12.5. The van der Waals surface area contributed by atoms with Crippen LogP contribution in [0.5, 0.6) is 11.5 Å². The Labute approximate surface area is 257 Å². The molecule has 0 unspecified atom stereocenters. The molecule has 0 aliphatic rings. The number of rotatable bonds is 19. The molecule has 0 heterocycles. The number of ether oxygens (including phenoxy) is 2. The van der Waals surface area contributed by atoms with Crippen LogP contribution in [0.1, 0.15) is 99.8 Å². The monoisotopic (exact) mass is 680 g/mol. The Kier molecular flexibility index (Phi) is 16.3. The molecule has 0 saturated heterocycles. The van der Waals surface area contributed by atoms with Gasteiger partial charge in [-0.05, 0) is 106 Å². The van der Waals surface area contributed by atoms with Crippen molar-refractivity contribution in [2.75, 3.05) is 26.3 Å². The Morgan fingerprint density at radius 2 is 1.02 bits per heavy atom. The molecular weight excluding hydrogens is 636 g/mol. The van der Waals surface area contributed by atoms with Gasteiger partial charge >= 0.3 is 0 Å². The van der Waals surface area contributed by atoms with Gasteiger partial charge in [0.15, 0.2) is 0 Å². The summed E-state index contributed by atoms with van der Waals surface area (Å²) in [5.41, 5.74) is 1.26. The quantitative estimate of drug-likeness (QED) is 0.146. The number of benzene rings is 2. The molecule has 0 bridgehead atoms. The summed E-state index contributed by atoms with van der Waals surface area (Å²) in [6.07, 6.45) is 8.25. The van der Waals surface area contributed by atoms with Gasteiger partial charge < -0.3 is 20.1 Å². The van der Waals surface area contributed by atoms with Gasteiger partial charge in [0.2, 0.25) is 0 Å². The van der Waals surface area contributed by atoms with Crippen molar-refractivity contribution in [2.24, 2.45) is 11.8 Å². The minimum Gasteiger partial charge on any atom is -0.492 e. The fourth-order valence-corrected chi connectivity index (χ4v) is 4.88. The molecule has 2 amide bonds. The van der Waals surface area contributed by atoms with Gasteiger partial charge in [0.1, 0.15) is 11.5 Å². The second-order valence-corrected chi connectivity index (χ2v) is 12.7. The molecule has 2 aromatic rings. The first-order chi connectivity index (χ1) is 19.2. The molecule has 0 aliphatic heterocycles. The SMILES string of the molecule is CC(C)CCOc1ccc(C(=O)NCCCCCCCCNC(=O)c2ccc(OCCC(C)C)c(Br)c2)cc1Br. The average Bonchev–Trinajstić information content (AvgIpc) is 2.90. The lowest BCUT2D eigenvalue weighted by atomic mass is 10.1. The lowest BCUT2D eigenvalue weighted by molar-refractivity contribution is 0.0944. The first-order valence-electron chi connectivity index (χ1n) is 14.6. The van der Waals surface area contributed by atoms with E-state index in [1.807, 2.05) is 24.3 Å². The predicted molar refractivity (Wildman–Crippen MR) is 171 cm³/mol. The van der Waals surface area contributed by atoms with Crippen molar-refractivity contribution in [2.45, 2.75) is 79.1 Å². The third-order valence-corrected chi connectivity index (χ3v) is 7.71. The molecule has 2 rings (SSSR count). The van der Waals surface area contributed by atoms with Crippen LogP contribution in [-0.4, -0.2) is 38.1 Å². The summed E-state index contributed by atoms with van der Waals surface area (Å²) in [5.74, 6) is 2.59. The van der Waals surface area contributed by atoms with Crippen LogP contribution in [0.15, 0.2) is 45.3 Å². The van der Waals surface area contributed by atoms with Crippen molar-refractivity contribution in [3.05, 3.63) is 56.5 Å². The van der Waals surface area contributed by atoms with Crippen molar-refractivity contribution < 1.29 is 19.1 Å². The van der Waals surface area contributed by atoms with Gasteiger partial charge in [0.25, 0.3) is 11.8 Å². The van der Waals surface area contributed by atoms with Gasteiger partial charge in [-0.2, -0.15) is 0 Å². The number of halogens is 2. The molecule has 8 heteroatoms. The fourth-order valence-electron chi connectivity index (χ4n) is 3.89. The Morgan fingerprint density at radius 3 is 1.38 bits per heavy atom. The molecule has 0 saturated carbocycles. The van der Waals surface area contributed by atoms with Crippen molar-refractivity contribution in [1.82, 2.24) is 10.6 Å². The van der Waals surface area contributed by atoms with E-state index in [2.05, 4.69) is 70.2 Å². The minimum atomic E-state index is -0.0644. The number of unbranched alkanes of at least 4 members (excludes halogenated alkanes) is 5. The van der Waals surface area contributed by atoms with Crippen LogP contribution in [-0.2, 0) is 0 Å². The maximum absolute atomic E-state index is 12.5. The van der Waals surface area contributed by atoms with E-state index >= 15 is 0 Å². The Hall–Kier alpha value is -2.06. The molecule has 0 fully saturated rings. The lowest BCUT2D eigenvalue weighted by Crippen LogP contribution is -2.24. The van der Waals surface area contributed by atoms with E-state index in [4.69, 9.17) is 9.47 Å². The Morgan fingerprint density at radius 1 is 0.650 bits per heavy atom. The molecule has 0 aromatic heterocycles. The second kappa shape index (κ2) is 19.1. The van der Waals surface area contributed by atoms with Crippen LogP contribution < -0.4 is 20.1 Å². The highest BCUT2D eigenvalue weighted by Gasteiger charge is 2.11. The molecule has 0 atom stereocenters. The van der Waals surface area contributed by atoms with Gasteiger partial charge in [-0.3, -0.25) is 9.59 Å². The lowest BCUT2D eigenvalue weighted by Gasteiger charge is -2.11. The van der Waals surface area contributed by atoms with Crippen molar-refractivity contribution >= 4 is 43.7 Å². The minimum absolute atomic E-state index is 0.0644. The zero-order valence-electron chi connectivity index (χ0n) is 24.5. The second-order valence-electron chi connectivity index (χ2n) is 11.0. The summed E-state index contributed by atoms with van der Waals surface area (Å²) >= 11 is 7.02. The van der Waals surface area contributed by atoms with Crippen molar-refractivity contribution in [1.29, 1.82) is 0 Å². The summed E-state index contributed by atoms with van der Waals surface area (Å²) < 4.78 is 13.2. The summed E-state index contributed by atoms with van der Waals surface area (Å²) in [5, 5.41) is 6.01. The molecule has 0 aliphatic carbocycles. The zero-order valence-corrected chi connectivity index (χ0v) is 27.7. The van der Waals surface area contributed by atoms with E-state index in [0.717, 1.165) is 71.8 Å². The molecule has 6 nitrogen and oxygen atoms in total. The molecule has 0 radical (unpaired) electrons. The summed E-state index contributed by atoms with van der Waals surface area (Å²) in [6.45, 7) is 11.3. The highest BCUT2D eigenvalue weighted by molar-refractivity contribution is 9.10. The third kappa shape index (κ3) is 13.5. The maximum Gasteiger partial charge on any atom is 0.251 e. The van der Waals surface area contributed by atoms with E-state index in [0.29, 0.717) is 49.3 Å². The topological polar surface area (TPSA) is 76.7 Å². The molecule has 2 aromatic carbocycles. The van der Waals surface area contributed by atoms with E-state index in [1.165, 1.54) is 0 Å². The van der Waals surface area contributed by atoms with Crippen LogP contribution >= 0.6 is 31.9 Å². The summed E-state index contributed by atoms with van der Waals surface area (Å²) in [4.78, 5) is 24.9. The van der Waals surface area contributed by atoms with Crippen LogP contribution in [0.3, 0.4) is 0 Å². The fraction of sp³-hybridized carbons (Fsp3) is 0.562. The predicted octanol–water partition coefficient (Wildman–Crippen LogP) is 8.56. The van der Waals surface area contributed by atoms with Crippen LogP contribution in [0.4, 0.5) is 0 Å². The summed E-state index contributed by atoms with van der Waals surface area (Å²) in [6, 6.07) is 10.9. The number of hydrogen-bond acceptors (Lipinski definition) is 4. The first-order valence-corrected chi connectivity index (χ1v) is 16.2. The average molecular weight is 683 g/mol. The van der Waals surface area contributed by atoms with Crippen molar-refractivity contribution in [3.8, 4) is 11.5 Å². The van der Waals surface area contributed by atoms with Gasteiger partial charge in [-0.25, -0.2) is 0 Å². The van der Waals surface area contributed by atoms with Crippen molar-refractivity contribution in [3.63, 3.8) is 0 Å². The number of hydrogen-bond donors (Lipinski definition) is 2. The van der Waals surface area contributed by atoms with Gasteiger partial charge in [0, 0.05) is 24.2 Å². The highest BCUT2D eigenvalue weighted by atomic mass is 79.9. The molecule has 2 N–H and O–H groups in total. The largest absolute Gasteiger partial charge is 0.492 e. The van der Waals surface area contributed by atoms with Crippen LogP contribution in [0, 0.1) is 11.8 Å². The molecule has 0 spiro atoms. The number of carbonyl (C=O) groups excluding carboxylic acids is 2. The summed E-state index contributed by atoms with van der Waals surface area (Å²) in [7, 11) is 0. The number of amides is 2. The third-order valence-electron chi connectivity index (χ3n) is 6.47. The normalized spacial score (nSPS) is 11.1. The van der Waals surface area contributed by atoms with Gasteiger partial charge in [-0.15, -0.1) is 0 Å². The van der Waals surface area contributed by atoms with E-state index in [1.54, 1.807) is 12.1 Å². The zero-order chi connectivity index (χ0) is 29.3. The van der Waals surface area contributed by atoms with Gasteiger partial charge in [0.05, 0.1) is 22.2 Å².